The van der Waals surface area contributed by atoms with Gasteiger partial charge in [0.2, 0.25) is 19.0 Å². The lowest BCUT2D eigenvalue weighted by Gasteiger charge is -2.30. The summed E-state index contributed by atoms with van der Waals surface area (Å²) in [5, 5.41) is 10.4. The second kappa shape index (κ2) is 13.0. The van der Waals surface area contributed by atoms with Crippen molar-refractivity contribution in [3.05, 3.63) is 36.3 Å². The molecule has 1 amide bonds. The molecule has 0 spiro atoms. The Morgan fingerprint density at radius 2 is 1.70 bits per heavy atom. The summed E-state index contributed by atoms with van der Waals surface area (Å²) in [5.74, 6) is -0.354. The summed E-state index contributed by atoms with van der Waals surface area (Å²) >= 11 is 0. The number of carboxylic acids is 1. The minimum absolute atomic E-state index is 0.0778. The van der Waals surface area contributed by atoms with Gasteiger partial charge in [0, 0.05) is 38.0 Å². The molecule has 0 radical (unpaired) electrons. The third-order valence-corrected chi connectivity index (χ3v) is 7.57. The normalized spacial score (nSPS) is 22.7. The first kappa shape index (κ1) is 27.1. The fraction of sp³-hybridized carbons (Fsp3) is 0.643. The zero-order valence-electron chi connectivity index (χ0n) is 22.0. The summed E-state index contributed by atoms with van der Waals surface area (Å²) in [5.41, 5.74) is 0.900. The first-order valence-corrected chi connectivity index (χ1v) is 13.6. The number of carbonyl (C=O) groups is 2. The van der Waals surface area contributed by atoms with Gasteiger partial charge in [-0.2, -0.15) is 0 Å². The Bertz CT molecular complexity index is 936. The lowest BCUT2D eigenvalue weighted by atomic mass is 9.83. The van der Waals surface area contributed by atoms with E-state index in [0.29, 0.717) is 30.9 Å². The zero-order chi connectivity index (χ0) is 26.2. The summed E-state index contributed by atoms with van der Waals surface area (Å²) in [6, 6.07) is 5.40. The van der Waals surface area contributed by atoms with Gasteiger partial charge in [0.05, 0.1) is 12.5 Å². The summed E-state index contributed by atoms with van der Waals surface area (Å²) in [4.78, 5) is 30.2. The Labute approximate surface area is 219 Å². The molecule has 37 heavy (non-hydrogen) atoms. The Morgan fingerprint density at radius 3 is 2.38 bits per heavy atom. The number of fused-ring (bicyclic) bond motifs is 1. The summed E-state index contributed by atoms with van der Waals surface area (Å²) in [6.45, 7) is 6.62. The number of carboxylic acid groups (broad SMARTS) is 1. The van der Waals surface area contributed by atoms with E-state index in [1.54, 1.807) is 0 Å². The van der Waals surface area contributed by atoms with Crippen LogP contribution in [0.3, 0.4) is 0 Å². The van der Waals surface area contributed by atoms with E-state index >= 15 is 0 Å². The zero-order valence-corrected chi connectivity index (χ0v) is 22.0. The number of hydrogen-bond donors (Lipinski definition) is 1. The van der Waals surface area contributed by atoms with Gasteiger partial charge in [-0.25, -0.2) is 0 Å². The molecule has 1 fully saturated rings. The first-order valence-electron chi connectivity index (χ1n) is 13.6. The highest BCUT2D eigenvalue weighted by atomic mass is 16.7. The van der Waals surface area contributed by atoms with Crippen molar-refractivity contribution in [2.24, 2.45) is 5.92 Å². The van der Waals surface area contributed by atoms with Crippen molar-refractivity contribution in [2.45, 2.75) is 77.0 Å². The third kappa shape index (κ3) is 6.69. The van der Waals surface area contributed by atoms with E-state index in [1.807, 2.05) is 23.1 Å². The number of unbranched alkanes of at least 4 members (excludes halogenated alkanes) is 2. The van der Waals surface area contributed by atoms with E-state index in [0.717, 1.165) is 50.8 Å². The largest absolute Gasteiger partial charge is 0.481 e. The van der Waals surface area contributed by atoms with Gasteiger partial charge in [-0.1, -0.05) is 32.8 Å². The topological polar surface area (TPSA) is 97.8 Å². The Hall–Kier alpha value is -2.94. The number of ether oxygens (including phenoxy) is 4. The lowest BCUT2D eigenvalue weighted by Crippen LogP contribution is -2.44. The minimum Gasteiger partial charge on any atom is -0.481 e. The second-order valence-electron chi connectivity index (χ2n) is 10.1. The van der Waals surface area contributed by atoms with Crippen LogP contribution in [0.2, 0.25) is 0 Å². The van der Waals surface area contributed by atoms with Crippen molar-refractivity contribution in [1.82, 2.24) is 9.80 Å². The molecule has 1 aromatic carbocycles. The molecule has 3 aliphatic heterocycles. The van der Waals surface area contributed by atoms with Gasteiger partial charge >= 0.3 is 5.97 Å². The molecular formula is C28H40N2O7. The van der Waals surface area contributed by atoms with Gasteiger partial charge in [0.1, 0.15) is 12.5 Å². The molecule has 0 aromatic heterocycles. The van der Waals surface area contributed by atoms with Crippen LogP contribution in [0.5, 0.6) is 11.5 Å². The molecule has 9 heteroatoms. The van der Waals surface area contributed by atoms with Crippen LogP contribution in [0.4, 0.5) is 0 Å². The summed E-state index contributed by atoms with van der Waals surface area (Å²) < 4.78 is 21.8. The summed E-state index contributed by atoms with van der Waals surface area (Å²) in [6.07, 6.45) is 8.73. The molecule has 3 atom stereocenters. The van der Waals surface area contributed by atoms with Crippen molar-refractivity contribution in [3.63, 3.8) is 0 Å². The monoisotopic (exact) mass is 516 g/mol. The highest BCUT2D eigenvalue weighted by Gasteiger charge is 2.47. The number of benzene rings is 1. The standard InChI is InChI=1S/C28H40N2O7/c1-3-5-12-29(13-6-4-2)25(31)18-30-17-21(20-10-11-23-24(16-20)37-19-36-23)27(28(32)33)22(30)8-7-9-26-34-14-15-35-26/h10-11,14-16,21-22,26-27H,3-9,12-13,17-19H2,1-2H3,(H,32,33)/t21-,22+,27-/m0/s1. The molecule has 3 heterocycles. The molecule has 0 saturated carbocycles. The predicted molar refractivity (Wildman–Crippen MR) is 137 cm³/mol. The minimum atomic E-state index is -0.841. The van der Waals surface area contributed by atoms with E-state index in [9.17, 15) is 14.7 Å². The molecule has 0 bridgehead atoms. The molecule has 0 aliphatic carbocycles. The van der Waals surface area contributed by atoms with Crippen LogP contribution in [0.25, 0.3) is 0 Å². The fourth-order valence-electron chi connectivity index (χ4n) is 5.57. The number of carbonyl (C=O) groups excluding carboxylic acids is 1. The lowest BCUT2D eigenvalue weighted by molar-refractivity contribution is -0.144. The van der Waals surface area contributed by atoms with Crippen LogP contribution >= 0.6 is 0 Å². The van der Waals surface area contributed by atoms with Crippen LogP contribution < -0.4 is 9.47 Å². The van der Waals surface area contributed by atoms with E-state index in [2.05, 4.69) is 18.7 Å². The molecule has 9 nitrogen and oxygen atoms in total. The fourth-order valence-corrected chi connectivity index (χ4v) is 5.57. The van der Waals surface area contributed by atoms with Crippen molar-refractivity contribution in [1.29, 1.82) is 0 Å². The van der Waals surface area contributed by atoms with Gasteiger partial charge in [-0.05, 0) is 43.4 Å². The molecule has 0 unspecified atom stereocenters. The predicted octanol–water partition coefficient (Wildman–Crippen LogP) is 4.33. The van der Waals surface area contributed by atoms with E-state index in [4.69, 9.17) is 18.9 Å². The summed E-state index contributed by atoms with van der Waals surface area (Å²) in [7, 11) is 0. The van der Waals surface area contributed by atoms with E-state index in [1.165, 1.54) is 12.5 Å². The maximum atomic E-state index is 13.5. The van der Waals surface area contributed by atoms with E-state index in [-0.39, 0.29) is 37.5 Å². The van der Waals surface area contributed by atoms with Crippen molar-refractivity contribution >= 4 is 11.9 Å². The molecule has 4 rings (SSSR count). The van der Waals surface area contributed by atoms with Crippen LogP contribution in [-0.4, -0.2) is 72.1 Å². The Morgan fingerprint density at radius 1 is 1.00 bits per heavy atom. The average Bonchev–Trinajstić information content (AvgIpc) is 3.64. The van der Waals surface area contributed by atoms with Crippen LogP contribution in [0, 0.1) is 5.92 Å². The number of nitrogens with zero attached hydrogens (tertiary/aromatic N) is 2. The average molecular weight is 517 g/mol. The SMILES string of the molecule is CCCCN(CCCC)C(=O)CN1C[C@@H](c2ccc3c(c2)OCO3)[C@H](C(=O)O)[C@H]1CCCC1OC=CO1. The number of amides is 1. The van der Waals surface area contributed by atoms with Gasteiger partial charge in [0.15, 0.2) is 11.5 Å². The maximum Gasteiger partial charge on any atom is 0.308 e. The smallest absolute Gasteiger partial charge is 0.308 e. The number of hydrogen-bond acceptors (Lipinski definition) is 7. The highest BCUT2D eigenvalue weighted by molar-refractivity contribution is 5.79. The second-order valence-corrected chi connectivity index (χ2v) is 10.1. The van der Waals surface area contributed by atoms with Gasteiger partial charge in [0.25, 0.3) is 0 Å². The van der Waals surface area contributed by atoms with Gasteiger partial charge in [-0.15, -0.1) is 0 Å². The molecule has 1 N–H and O–H groups in total. The molecule has 3 aliphatic rings. The maximum absolute atomic E-state index is 13.5. The third-order valence-electron chi connectivity index (χ3n) is 7.57. The van der Waals surface area contributed by atoms with Crippen molar-refractivity contribution in [3.8, 4) is 11.5 Å². The van der Waals surface area contributed by atoms with Crippen molar-refractivity contribution < 1.29 is 33.6 Å². The molecule has 1 aromatic rings. The quantitative estimate of drug-likeness (QED) is 0.390. The Balaban J connectivity index is 1.53. The Kier molecular flexibility index (Phi) is 9.55. The van der Waals surface area contributed by atoms with Gasteiger partial charge < -0.3 is 29.0 Å². The highest BCUT2D eigenvalue weighted by Crippen LogP contribution is 2.43. The number of likely N-dealkylation sites (tertiary alicyclic amines) is 1. The van der Waals surface area contributed by atoms with Crippen molar-refractivity contribution in [2.75, 3.05) is 33.0 Å². The number of aliphatic carboxylic acids is 1. The van der Waals surface area contributed by atoms with Gasteiger partial charge in [-0.3, -0.25) is 14.5 Å². The first-order chi connectivity index (χ1) is 18.0. The number of rotatable bonds is 14. The van der Waals surface area contributed by atoms with Crippen LogP contribution in [0.1, 0.15) is 70.3 Å². The molecule has 204 valence electrons. The van der Waals surface area contributed by atoms with Crippen LogP contribution in [-0.2, 0) is 19.1 Å². The van der Waals surface area contributed by atoms with Crippen LogP contribution in [0.15, 0.2) is 30.7 Å². The molecular weight excluding hydrogens is 476 g/mol. The molecule has 1 saturated heterocycles. The van der Waals surface area contributed by atoms with E-state index < -0.39 is 11.9 Å².